The van der Waals surface area contributed by atoms with Gasteiger partial charge in [0.05, 0.1) is 12.2 Å². The predicted octanol–water partition coefficient (Wildman–Crippen LogP) is 3.29. The molecule has 0 N–H and O–H groups in total. The maximum atomic E-state index is 13.9. The Bertz CT molecular complexity index is 580. The van der Waals surface area contributed by atoms with E-state index >= 15 is 0 Å². The summed E-state index contributed by atoms with van der Waals surface area (Å²) in [4.78, 5) is 3.12. The number of halogens is 4. The van der Waals surface area contributed by atoms with Crippen molar-refractivity contribution < 1.29 is 26.8 Å². The van der Waals surface area contributed by atoms with Crippen molar-refractivity contribution in [2.75, 3.05) is 6.61 Å². The van der Waals surface area contributed by atoms with E-state index in [0.717, 1.165) is 0 Å². The first-order valence-corrected chi connectivity index (χ1v) is 5.26. The van der Waals surface area contributed by atoms with Gasteiger partial charge in [-0.05, 0) is 19.1 Å². The Labute approximate surface area is 105 Å². The number of ether oxygens (including phenoxy) is 1. The molecule has 0 saturated carbocycles. The summed E-state index contributed by atoms with van der Waals surface area (Å²) in [7, 11) is 0. The molecule has 0 bridgehead atoms. The number of alkyl halides is 3. The quantitative estimate of drug-likeness (QED) is 0.807. The average molecular weight is 276 g/mol. The smallest absolute Gasteiger partial charge is 0.471 e. The lowest BCUT2D eigenvalue weighted by Gasteiger charge is -2.05. The summed E-state index contributed by atoms with van der Waals surface area (Å²) in [5.74, 6) is -2.92. The number of benzene rings is 1. The second-order valence-corrected chi connectivity index (χ2v) is 3.47. The van der Waals surface area contributed by atoms with Crippen LogP contribution >= 0.6 is 0 Å². The van der Waals surface area contributed by atoms with Gasteiger partial charge in [-0.15, -0.1) is 0 Å². The molecule has 4 nitrogen and oxygen atoms in total. The van der Waals surface area contributed by atoms with Crippen molar-refractivity contribution in [3.8, 4) is 17.1 Å². The molecule has 0 atom stereocenters. The normalized spacial score (nSPS) is 11.6. The van der Waals surface area contributed by atoms with Crippen LogP contribution in [0.3, 0.4) is 0 Å². The first-order chi connectivity index (χ1) is 8.93. The first-order valence-electron chi connectivity index (χ1n) is 5.26. The van der Waals surface area contributed by atoms with E-state index in [1.165, 1.54) is 18.2 Å². The highest BCUT2D eigenvalue weighted by Crippen LogP contribution is 2.31. The number of aromatic nitrogens is 2. The summed E-state index contributed by atoms with van der Waals surface area (Å²) in [5.41, 5.74) is -0.217. The van der Waals surface area contributed by atoms with Crippen molar-refractivity contribution in [2.45, 2.75) is 13.1 Å². The van der Waals surface area contributed by atoms with Crippen molar-refractivity contribution in [1.82, 2.24) is 10.1 Å². The van der Waals surface area contributed by atoms with Crippen LogP contribution < -0.4 is 4.74 Å². The Balaban J connectivity index is 2.42. The van der Waals surface area contributed by atoms with Gasteiger partial charge in [-0.25, -0.2) is 4.39 Å². The molecule has 2 aromatic rings. The van der Waals surface area contributed by atoms with E-state index in [-0.39, 0.29) is 17.9 Å². The first kappa shape index (κ1) is 13.3. The number of nitrogens with zero attached hydrogens (tertiary/aromatic N) is 2. The number of hydrogen-bond donors (Lipinski definition) is 0. The topological polar surface area (TPSA) is 48.2 Å². The van der Waals surface area contributed by atoms with Crippen molar-refractivity contribution in [3.63, 3.8) is 0 Å². The minimum absolute atomic E-state index is 0.0849. The molecule has 0 radical (unpaired) electrons. The van der Waals surface area contributed by atoms with Gasteiger partial charge in [0.1, 0.15) is 0 Å². The zero-order chi connectivity index (χ0) is 14.0. The lowest BCUT2D eigenvalue weighted by Crippen LogP contribution is -2.05. The Morgan fingerprint density at radius 3 is 2.63 bits per heavy atom. The average Bonchev–Trinajstić information content (AvgIpc) is 2.81. The van der Waals surface area contributed by atoms with Crippen molar-refractivity contribution in [2.24, 2.45) is 0 Å². The third kappa shape index (κ3) is 2.67. The van der Waals surface area contributed by atoms with Crippen LogP contribution in [-0.2, 0) is 6.18 Å². The summed E-state index contributed by atoms with van der Waals surface area (Å²) in [6.45, 7) is 1.88. The van der Waals surface area contributed by atoms with E-state index in [1.54, 1.807) is 6.92 Å². The molecule has 1 aromatic carbocycles. The molecule has 0 spiro atoms. The molecule has 2 rings (SSSR count). The maximum absolute atomic E-state index is 13.9. The van der Waals surface area contributed by atoms with Gasteiger partial charge in [0.15, 0.2) is 11.6 Å². The lowest BCUT2D eigenvalue weighted by molar-refractivity contribution is -0.159. The molecule has 1 aromatic heterocycles. The van der Waals surface area contributed by atoms with Crippen molar-refractivity contribution >= 4 is 0 Å². The largest absolute Gasteiger partial charge is 0.491 e. The fourth-order valence-corrected chi connectivity index (χ4v) is 1.40. The van der Waals surface area contributed by atoms with E-state index in [4.69, 9.17) is 4.74 Å². The lowest BCUT2D eigenvalue weighted by atomic mass is 10.2. The highest BCUT2D eigenvalue weighted by molar-refractivity contribution is 5.58. The van der Waals surface area contributed by atoms with Gasteiger partial charge < -0.3 is 9.26 Å². The van der Waals surface area contributed by atoms with Crippen LogP contribution in [0.25, 0.3) is 11.4 Å². The van der Waals surface area contributed by atoms with Gasteiger partial charge in [-0.3, -0.25) is 0 Å². The molecule has 19 heavy (non-hydrogen) atoms. The monoisotopic (exact) mass is 276 g/mol. The summed E-state index contributed by atoms with van der Waals surface area (Å²) in [5, 5.41) is 3.11. The van der Waals surface area contributed by atoms with Gasteiger partial charge in [-0.2, -0.15) is 18.2 Å². The van der Waals surface area contributed by atoms with Crippen LogP contribution in [0, 0.1) is 5.82 Å². The zero-order valence-electron chi connectivity index (χ0n) is 9.66. The standard InChI is InChI=1S/C11H8F4N2O2/c1-2-18-7-5-3-4-6(8(7)12)9-16-10(19-17-9)11(13,14)15/h3-5H,2H2,1H3. The predicted molar refractivity (Wildman–Crippen MR) is 55.9 cm³/mol. The van der Waals surface area contributed by atoms with Gasteiger partial charge in [0.2, 0.25) is 5.82 Å². The van der Waals surface area contributed by atoms with Crippen molar-refractivity contribution in [1.29, 1.82) is 0 Å². The third-order valence-corrected chi connectivity index (χ3v) is 2.17. The van der Waals surface area contributed by atoms with E-state index < -0.39 is 23.7 Å². The zero-order valence-corrected chi connectivity index (χ0v) is 9.66. The van der Waals surface area contributed by atoms with Gasteiger partial charge in [0, 0.05) is 0 Å². The van der Waals surface area contributed by atoms with Crippen LogP contribution in [0.15, 0.2) is 22.7 Å². The molecule has 0 saturated heterocycles. The highest BCUT2D eigenvalue weighted by atomic mass is 19.4. The van der Waals surface area contributed by atoms with E-state index in [9.17, 15) is 17.6 Å². The molecular formula is C11H8F4N2O2. The molecular weight excluding hydrogens is 268 g/mol. The SMILES string of the molecule is CCOc1cccc(-c2noc(C(F)(F)F)n2)c1F. The van der Waals surface area contributed by atoms with Crippen molar-refractivity contribution in [3.05, 3.63) is 29.9 Å². The minimum Gasteiger partial charge on any atom is -0.491 e. The minimum atomic E-state index is -4.76. The fraction of sp³-hybridized carbons (Fsp3) is 0.273. The second kappa shape index (κ2) is 4.87. The second-order valence-electron chi connectivity index (χ2n) is 3.47. The summed E-state index contributed by atoms with van der Waals surface area (Å²) in [6, 6.07) is 4.02. The molecule has 8 heteroatoms. The van der Waals surface area contributed by atoms with Gasteiger partial charge in [0.25, 0.3) is 0 Å². The molecule has 0 fully saturated rings. The molecule has 1 heterocycles. The van der Waals surface area contributed by atoms with Crippen LogP contribution in [0.1, 0.15) is 12.8 Å². The Morgan fingerprint density at radius 2 is 2.05 bits per heavy atom. The highest BCUT2D eigenvalue weighted by Gasteiger charge is 2.38. The molecule has 0 unspecified atom stereocenters. The van der Waals surface area contributed by atoms with E-state index in [0.29, 0.717) is 0 Å². The number of hydrogen-bond acceptors (Lipinski definition) is 4. The number of rotatable bonds is 3. The van der Waals surface area contributed by atoms with E-state index in [2.05, 4.69) is 14.7 Å². The van der Waals surface area contributed by atoms with Gasteiger partial charge >= 0.3 is 12.1 Å². The summed E-state index contributed by atoms with van der Waals surface area (Å²) >= 11 is 0. The maximum Gasteiger partial charge on any atom is 0.471 e. The Hall–Kier alpha value is -2.12. The summed E-state index contributed by atoms with van der Waals surface area (Å²) < 4.78 is 59.9. The van der Waals surface area contributed by atoms with E-state index in [1.807, 2.05) is 0 Å². The molecule has 0 aliphatic carbocycles. The fourth-order valence-electron chi connectivity index (χ4n) is 1.40. The third-order valence-electron chi connectivity index (χ3n) is 2.17. The Morgan fingerprint density at radius 1 is 1.32 bits per heavy atom. The molecule has 0 amide bonds. The van der Waals surface area contributed by atoms with Crippen LogP contribution in [0.5, 0.6) is 5.75 Å². The Kier molecular flexibility index (Phi) is 3.41. The van der Waals surface area contributed by atoms with Gasteiger partial charge in [-0.1, -0.05) is 11.2 Å². The molecule has 102 valence electrons. The van der Waals surface area contributed by atoms with Crippen LogP contribution in [-0.4, -0.2) is 16.7 Å². The summed E-state index contributed by atoms with van der Waals surface area (Å²) in [6.07, 6.45) is -4.76. The van der Waals surface area contributed by atoms with Crippen LogP contribution in [0.4, 0.5) is 17.6 Å². The molecule has 0 aliphatic rings. The molecule has 0 aliphatic heterocycles. The van der Waals surface area contributed by atoms with Crippen LogP contribution in [0.2, 0.25) is 0 Å².